The Labute approximate surface area is 178 Å². The second-order valence-electron chi connectivity index (χ2n) is 6.82. The van der Waals surface area contributed by atoms with Crippen molar-refractivity contribution in [3.8, 4) is 0 Å². The van der Waals surface area contributed by atoms with E-state index in [0.29, 0.717) is 17.3 Å². The first kappa shape index (κ1) is 19.9. The zero-order valence-corrected chi connectivity index (χ0v) is 16.6. The quantitative estimate of drug-likeness (QED) is 0.465. The van der Waals surface area contributed by atoms with Gasteiger partial charge in [-0.05, 0) is 42.5 Å². The number of fused-ring (bicyclic) bond motifs is 1. The molecule has 1 aliphatic rings. The maximum Gasteiger partial charge on any atom is 0.269 e. The topological polar surface area (TPSA) is 84.7 Å². The van der Waals surface area contributed by atoms with E-state index < -0.39 is 11.2 Å². The molecule has 3 aromatic carbocycles. The van der Waals surface area contributed by atoms with E-state index in [-0.39, 0.29) is 18.1 Å². The molecule has 3 aromatic rings. The zero-order chi connectivity index (χ0) is 21.1. The summed E-state index contributed by atoms with van der Waals surface area (Å²) in [5.41, 5.74) is 3.23. The van der Waals surface area contributed by atoms with E-state index in [1.807, 2.05) is 29.2 Å². The van der Waals surface area contributed by atoms with Crippen LogP contribution in [0.1, 0.15) is 17.4 Å². The molecule has 0 saturated heterocycles. The molecule has 1 amide bonds. The molecule has 0 saturated carbocycles. The third-order valence-corrected chi connectivity index (χ3v) is 5.06. The van der Waals surface area contributed by atoms with Crippen molar-refractivity contribution in [1.29, 1.82) is 0 Å². The number of hydrogen-bond acceptors (Lipinski definition) is 5. The maximum atomic E-state index is 12.8. The number of carbonyl (C=O) groups excluding carboxylic acids is 1. The summed E-state index contributed by atoms with van der Waals surface area (Å²) in [4.78, 5) is 25.1. The Kier molecular flexibility index (Phi) is 5.65. The van der Waals surface area contributed by atoms with Crippen LogP contribution >= 0.6 is 11.6 Å². The Bertz CT molecular complexity index is 1070. The van der Waals surface area contributed by atoms with Crippen molar-refractivity contribution in [3.63, 3.8) is 0 Å². The molecule has 152 valence electrons. The van der Waals surface area contributed by atoms with Gasteiger partial charge in [-0.2, -0.15) is 0 Å². The molecule has 30 heavy (non-hydrogen) atoms. The third-order valence-electron chi connectivity index (χ3n) is 4.81. The normalized spacial score (nSPS) is 15.4. The second-order valence-corrected chi connectivity index (χ2v) is 7.26. The van der Waals surface area contributed by atoms with Crippen molar-refractivity contribution in [2.75, 3.05) is 16.8 Å². The lowest BCUT2D eigenvalue weighted by Gasteiger charge is -2.38. The average Bonchev–Trinajstić information content (AvgIpc) is 2.76. The van der Waals surface area contributed by atoms with Gasteiger partial charge in [0.1, 0.15) is 6.54 Å². The summed E-state index contributed by atoms with van der Waals surface area (Å²) in [7, 11) is 0. The second kappa shape index (κ2) is 8.52. The van der Waals surface area contributed by atoms with Crippen LogP contribution in [0.4, 0.5) is 17.1 Å². The van der Waals surface area contributed by atoms with Crippen LogP contribution in [0.2, 0.25) is 5.02 Å². The number of nitro benzene ring substituents is 1. The van der Waals surface area contributed by atoms with Crippen LogP contribution < -0.4 is 10.2 Å². The molecule has 0 spiro atoms. The fourth-order valence-electron chi connectivity index (χ4n) is 3.39. The highest BCUT2D eigenvalue weighted by molar-refractivity contribution is 6.30. The summed E-state index contributed by atoms with van der Waals surface area (Å²) in [5, 5.41) is 14.4. The van der Waals surface area contributed by atoms with Crippen molar-refractivity contribution in [2.45, 2.75) is 12.8 Å². The summed E-state index contributed by atoms with van der Waals surface area (Å²) in [6.45, 7) is 0.425. The molecule has 7 nitrogen and oxygen atoms in total. The number of anilines is 2. The van der Waals surface area contributed by atoms with Gasteiger partial charge in [0.05, 0.1) is 11.5 Å². The Hall–Kier alpha value is -3.42. The largest absolute Gasteiger partial charge is 0.349 e. The molecule has 1 unspecified atom stereocenters. The van der Waals surface area contributed by atoms with Crippen molar-refractivity contribution < 1.29 is 14.5 Å². The standard InChI is InChI=1S/C22H18ClN3O4/c23-17-7-9-18(10-8-17)24-21(27)13-25-20-4-2-1-3-16(20)14-30-22(25)15-5-11-19(12-6-15)26(28)29/h1-12,22H,13-14H2,(H,24,27). The fraction of sp³-hybridized carbons (Fsp3) is 0.136. The molecular formula is C22H18ClN3O4. The molecule has 0 radical (unpaired) electrons. The molecule has 0 fully saturated rings. The number of carbonyl (C=O) groups is 1. The predicted octanol–water partition coefficient (Wildman–Crippen LogP) is 4.92. The van der Waals surface area contributed by atoms with Gasteiger partial charge in [0.15, 0.2) is 6.23 Å². The van der Waals surface area contributed by atoms with Crippen LogP contribution in [0.3, 0.4) is 0 Å². The van der Waals surface area contributed by atoms with Crippen LogP contribution in [-0.4, -0.2) is 17.4 Å². The number of rotatable bonds is 5. The molecule has 1 N–H and O–H groups in total. The first-order chi connectivity index (χ1) is 14.5. The molecule has 0 bridgehead atoms. The molecule has 1 heterocycles. The Morgan fingerprint density at radius 1 is 1.10 bits per heavy atom. The highest BCUT2D eigenvalue weighted by Crippen LogP contribution is 2.37. The summed E-state index contributed by atoms with van der Waals surface area (Å²) < 4.78 is 6.03. The van der Waals surface area contributed by atoms with Gasteiger partial charge in [-0.1, -0.05) is 29.8 Å². The van der Waals surface area contributed by atoms with Gasteiger partial charge in [0, 0.05) is 39.7 Å². The van der Waals surface area contributed by atoms with Crippen molar-refractivity contribution in [3.05, 3.63) is 99.1 Å². The molecule has 0 aromatic heterocycles. The maximum absolute atomic E-state index is 12.8. The number of hydrogen-bond donors (Lipinski definition) is 1. The van der Waals surface area contributed by atoms with Gasteiger partial charge in [-0.3, -0.25) is 14.9 Å². The molecule has 1 atom stereocenters. The number of amides is 1. The van der Waals surface area contributed by atoms with Gasteiger partial charge in [0.2, 0.25) is 5.91 Å². The van der Waals surface area contributed by atoms with Crippen molar-refractivity contribution in [2.24, 2.45) is 0 Å². The number of nitrogens with one attached hydrogen (secondary N) is 1. The average molecular weight is 424 g/mol. The highest BCUT2D eigenvalue weighted by atomic mass is 35.5. The van der Waals surface area contributed by atoms with Crippen molar-refractivity contribution in [1.82, 2.24) is 0 Å². The minimum atomic E-state index is -0.545. The lowest BCUT2D eigenvalue weighted by atomic mass is 10.1. The fourth-order valence-corrected chi connectivity index (χ4v) is 3.52. The minimum Gasteiger partial charge on any atom is -0.349 e. The van der Waals surface area contributed by atoms with Crippen LogP contribution in [0.25, 0.3) is 0 Å². The van der Waals surface area contributed by atoms with Crippen molar-refractivity contribution >= 4 is 34.6 Å². The summed E-state index contributed by atoms with van der Waals surface area (Å²) in [5.74, 6) is -0.218. The van der Waals surface area contributed by atoms with Gasteiger partial charge >= 0.3 is 0 Å². The lowest BCUT2D eigenvalue weighted by Crippen LogP contribution is -2.40. The van der Waals surface area contributed by atoms with Crippen LogP contribution in [-0.2, 0) is 16.1 Å². The lowest BCUT2D eigenvalue weighted by molar-refractivity contribution is -0.384. The SMILES string of the molecule is O=C(CN1c2ccccc2COC1c1ccc([N+](=O)[O-])cc1)Nc1ccc(Cl)cc1. The van der Waals surface area contributed by atoms with Gasteiger partial charge in [-0.25, -0.2) is 0 Å². The Morgan fingerprint density at radius 2 is 1.80 bits per heavy atom. The molecule has 8 heteroatoms. The van der Waals surface area contributed by atoms with Crippen LogP contribution in [0, 0.1) is 10.1 Å². The zero-order valence-electron chi connectivity index (χ0n) is 15.8. The minimum absolute atomic E-state index is 0.00184. The van der Waals surface area contributed by atoms with Gasteiger partial charge in [-0.15, -0.1) is 0 Å². The summed E-state index contributed by atoms with van der Waals surface area (Å²) in [6, 6.07) is 20.8. The number of para-hydroxylation sites is 1. The predicted molar refractivity (Wildman–Crippen MR) is 114 cm³/mol. The first-order valence-corrected chi connectivity index (χ1v) is 9.65. The van der Waals surface area contributed by atoms with Gasteiger partial charge < -0.3 is 15.0 Å². The van der Waals surface area contributed by atoms with E-state index in [0.717, 1.165) is 16.8 Å². The monoisotopic (exact) mass is 423 g/mol. The smallest absolute Gasteiger partial charge is 0.269 e. The number of halogens is 1. The number of nitro groups is 1. The molecule has 4 rings (SSSR count). The van der Waals surface area contributed by atoms with Crippen LogP contribution in [0.5, 0.6) is 0 Å². The van der Waals surface area contributed by atoms with E-state index in [9.17, 15) is 14.9 Å². The number of nitrogens with zero attached hydrogens (tertiary/aromatic N) is 2. The van der Waals surface area contributed by atoms with Gasteiger partial charge in [0.25, 0.3) is 5.69 Å². The third kappa shape index (κ3) is 4.27. The van der Waals surface area contributed by atoms with E-state index in [2.05, 4.69) is 5.32 Å². The Morgan fingerprint density at radius 3 is 2.50 bits per heavy atom. The van der Waals surface area contributed by atoms with E-state index in [4.69, 9.17) is 16.3 Å². The Balaban J connectivity index is 1.60. The summed E-state index contributed by atoms with van der Waals surface area (Å²) >= 11 is 5.90. The van der Waals surface area contributed by atoms with E-state index in [1.165, 1.54) is 12.1 Å². The summed E-state index contributed by atoms with van der Waals surface area (Å²) in [6.07, 6.45) is -0.545. The van der Waals surface area contributed by atoms with E-state index in [1.54, 1.807) is 36.4 Å². The highest BCUT2D eigenvalue weighted by Gasteiger charge is 2.30. The number of benzene rings is 3. The molecule has 0 aliphatic carbocycles. The van der Waals surface area contributed by atoms with Crippen LogP contribution in [0.15, 0.2) is 72.8 Å². The first-order valence-electron chi connectivity index (χ1n) is 9.27. The number of non-ortho nitro benzene ring substituents is 1. The molecule has 1 aliphatic heterocycles. The number of ether oxygens (including phenoxy) is 1. The molecular weight excluding hydrogens is 406 g/mol. The van der Waals surface area contributed by atoms with E-state index >= 15 is 0 Å².